The number of hydrogen-bond donors (Lipinski definition) is 0. The van der Waals surface area contributed by atoms with Crippen molar-refractivity contribution >= 4 is 5.69 Å². The second-order valence-corrected chi connectivity index (χ2v) is 5.13. The van der Waals surface area contributed by atoms with Crippen LogP contribution in [-0.2, 0) is 12.4 Å². The van der Waals surface area contributed by atoms with Gasteiger partial charge in [-0.05, 0) is 31.0 Å². The maximum absolute atomic E-state index is 12.7. The smallest absolute Gasteiger partial charge is 0.377 e. The molecule has 1 fully saturated rings. The number of alkyl halides is 6. The van der Waals surface area contributed by atoms with Crippen molar-refractivity contribution in [2.45, 2.75) is 25.2 Å². The monoisotopic (exact) mass is 337 g/mol. The third-order valence-electron chi connectivity index (χ3n) is 3.37. The molecule has 1 aromatic rings. The molecule has 0 unspecified atom stereocenters. The zero-order valence-electron chi connectivity index (χ0n) is 12.0. The molecule has 0 aliphatic carbocycles. The molecule has 0 spiro atoms. The minimum Gasteiger partial charge on any atom is -0.377 e. The quantitative estimate of drug-likeness (QED) is 0.526. The van der Waals surface area contributed by atoms with E-state index in [0.29, 0.717) is 12.1 Å². The molecule has 126 valence electrons. The molecule has 0 aromatic heterocycles. The summed E-state index contributed by atoms with van der Waals surface area (Å²) in [5.41, 5.74) is -2.49. The van der Waals surface area contributed by atoms with E-state index in [4.69, 9.17) is 0 Å². The number of rotatable bonds is 2. The molecular weight excluding hydrogens is 324 g/mol. The van der Waals surface area contributed by atoms with Gasteiger partial charge < -0.3 is 4.90 Å². The SMILES string of the molecule is CN1CCC/C1=C\N=Nc1cc(C(F)(F)F)cc(C(F)(F)F)c1. The summed E-state index contributed by atoms with van der Waals surface area (Å²) in [6.45, 7) is 0.823. The Morgan fingerprint density at radius 3 is 2.00 bits per heavy atom. The van der Waals surface area contributed by atoms with Crippen LogP contribution >= 0.6 is 0 Å². The van der Waals surface area contributed by atoms with Crippen LogP contribution in [0.25, 0.3) is 0 Å². The number of halogens is 6. The fourth-order valence-corrected chi connectivity index (χ4v) is 2.15. The van der Waals surface area contributed by atoms with Crippen LogP contribution < -0.4 is 0 Å². The first-order chi connectivity index (χ1) is 10.6. The van der Waals surface area contributed by atoms with Crippen LogP contribution in [0.15, 0.2) is 40.3 Å². The molecule has 1 aliphatic rings. The second kappa shape index (κ2) is 6.21. The highest BCUT2D eigenvalue weighted by Crippen LogP contribution is 2.38. The minimum absolute atomic E-state index is 0.0578. The van der Waals surface area contributed by atoms with Crippen molar-refractivity contribution in [1.29, 1.82) is 0 Å². The van der Waals surface area contributed by atoms with Crippen LogP contribution in [0.3, 0.4) is 0 Å². The average molecular weight is 337 g/mol. The van der Waals surface area contributed by atoms with Gasteiger partial charge in [-0.25, -0.2) is 0 Å². The molecule has 23 heavy (non-hydrogen) atoms. The molecule has 0 amide bonds. The molecule has 3 nitrogen and oxygen atoms in total. The van der Waals surface area contributed by atoms with Crippen molar-refractivity contribution in [2.75, 3.05) is 13.6 Å². The van der Waals surface area contributed by atoms with E-state index < -0.39 is 29.2 Å². The zero-order chi connectivity index (χ0) is 17.3. The van der Waals surface area contributed by atoms with Gasteiger partial charge in [0.2, 0.25) is 0 Å². The number of nitrogens with zero attached hydrogens (tertiary/aromatic N) is 3. The molecule has 1 heterocycles. The predicted octanol–water partition coefficient (Wildman–Crippen LogP) is 5.37. The Hall–Kier alpha value is -2.06. The van der Waals surface area contributed by atoms with Gasteiger partial charge in [0.25, 0.3) is 0 Å². The molecule has 0 bridgehead atoms. The molecule has 9 heteroatoms. The molecule has 0 saturated carbocycles. The van der Waals surface area contributed by atoms with Crippen LogP contribution in [0.5, 0.6) is 0 Å². The standard InChI is InChI=1S/C14H13F6N3/c1-23-4-2-3-12(23)8-21-22-11-6-9(13(15,16)17)5-10(7-11)14(18,19)20/h5-8H,2-4H2,1H3/b12-8+,22-21?. The molecule has 1 aromatic carbocycles. The van der Waals surface area contributed by atoms with E-state index in [1.807, 2.05) is 11.9 Å². The Morgan fingerprint density at radius 2 is 1.57 bits per heavy atom. The van der Waals surface area contributed by atoms with Gasteiger partial charge in [0, 0.05) is 19.3 Å². The highest BCUT2D eigenvalue weighted by Gasteiger charge is 2.36. The van der Waals surface area contributed by atoms with E-state index in [2.05, 4.69) is 10.2 Å². The van der Waals surface area contributed by atoms with Crippen molar-refractivity contribution in [1.82, 2.24) is 4.90 Å². The lowest BCUT2D eigenvalue weighted by molar-refractivity contribution is -0.143. The summed E-state index contributed by atoms with van der Waals surface area (Å²) in [6, 6.07) is 1.13. The van der Waals surface area contributed by atoms with Gasteiger partial charge in [-0.2, -0.15) is 36.6 Å². The van der Waals surface area contributed by atoms with Gasteiger partial charge in [0.05, 0.1) is 23.0 Å². The maximum atomic E-state index is 12.7. The van der Waals surface area contributed by atoms with Crippen LogP contribution in [0.2, 0.25) is 0 Å². The van der Waals surface area contributed by atoms with E-state index >= 15 is 0 Å². The fraction of sp³-hybridized carbons (Fsp3) is 0.429. The fourth-order valence-electron chi connectivity index (χ4n) is 2.15. The largest absolute Gasteiger partial charge is 0.416 e. The number of hydrogen-bond acceptors (Lipinski definition) is 3. The Bertz CT molecular complexity index is 598. The number of allylic oxidation sites excluding steroid dienone is 1. The number of azo groups is 1. The molecule has 0 atom stereocenters. The van der Waals surface area contributed by atoms with Gasteiger partial charge in [-0.3, -0.25) is 0 Å². The van der Waals surface area contributed by atoms with Gasteiger partial charge in [0.1, 0.15) is 0 Å². The molecule has 1 saturated heterocycles. The molecule has 0 radical (unpaired) electrons. The van der Waals surface area contributed by atoms with Gasteiger partial charge >= 0.3 is 12.4 Å². The number of likely N-dealkylation sites (tertiary alicyclic amines) is 1. The summed E-state index contributed by atoms with van der Waals surface area (Å²) < 4.78 is 76.2. The molecule has 2 rings (SSSR count). The highest BCUT2D eigenvalue weighted by atomic mass is 19.4. The van der Waals surface area contributed by atoms with Gasteiger partial charge in [-0.15, -0.1) is 0 Å². The van der Waals surface area contributed by atoms with Gasteiger partial charge in [-0.1, -0.05) is 0 Å². The second-order valence-electron chi connectivity index (χ2n) is 5.13. The Labute approximate surface area is 128 Å². The number of benzene rings is 1. The summed E-state index contributed by atoms with van der Waals surface area (Å²) in [6.07, 6.45) is -6.78. The van der Waals surface area contributed by atoms with E-state index in [0.717, 1.165) is 25.1 Å². The van der Waals surface area contributed by atoms with Crippen molar-refractivity contribution < 1.29 is 26.3 Å². The molecular formula is C14H13F6N3. The van der Waals surface area contributed by atoms with Crippen molar-refractivity contribution in [2.24, 2.45) is 10.2 Å². The lowest BCUT2D eigenvalue weighted by Gasteiger charge is -2.12. The predicted molar refractivity (Wildman–Crippen MR) is 70.9 cm³/mol. The van der Waals surface area contributed by atoms with E-state index in [1.54, 1.807) is 0 Å². The summed E-state index contributed by atoms with van der Waals surface area (Å²) in [4.78, 5) is 1.90. The summed E-state index contributed by atoms with van der Waals surface area (Å²) in [5.74, 6) is 0. The molecule has 1 aliphatic heterocycles. The lowest BCUT2D eigenvalue weighted by Crippen LogP contribution is -2.10. The van der Waals surface area contributed by atoms with Crippen molar-refractivity contribution in [3.05, 3.63) is 41.2 Å². The first-order valence-corrected chi connectivity index (χ1v) is 6.68. The van der Waals surface area contributed by atoms with E-state index in [1.165, 1.54) is 6.20 Å². The van der Waals surface area contributed by atoms with Crippen molar-refractivity contribution in [3.63, 3.8) is 0 Å². The Kier molecular flexibility index (Phi) is 4.67. The third-order valence-corrected chi connectivity index (χ3v) is 3.37. The van der Waals surface area contributed by atoms with Gasteiger partial charge in [0.15, 0.2) is 0 Å². The third kappa shape index (κ3) is 4.46. The van der Waals surface area contributed by atoms with E-state index in [9.17, 15) is 26.3 Å². The first kappa shape index (κ1) is 17.3. The van der Waals surface area contributed by atoms with Crippen LogP contribution in [-0.4, -0.2) is 18.5 Å². The summed E-state index contributed by atoms with van der Waals surface area (Å²) >= 11 is 0. The van der Waals surface area contributed by atoms with Crippen LogP contribution in [0.4, 0.5) is 32.0 Å². The Morgan fingerprint density at radius 1 is 1.00 bits per heavy atom. The summed E-state index contributed by atoms with van der Waals surface area (Å²) in [5, 5.41) is 7.08. The average Bonchev–Trinajstić information content (AvgIpc) is 2.82. The maximum Gasteiger partial charge on any atom is 0.416 e. The topological polar surface area (TPSA) is 28.0 Å². The van der Waals surface area contributed by atoms with Crippen LogP contribution in [0, 0.1) is 0 Å². The Balaban J connectivity index is 2.34. The van der Waals surface area contributed by atoms with Crippen LogP contribution in [0.1, 0.15) is 24.0 Å². The zero-order valence-corrected chi connectivity index (χ0v) is 12.0. The normalized spacial score (nSPS) is 18.4. The van der Waals surface area contributed by atoms with Crippen molar-refractivity contribution in [3.8, 4) is 0 Å². The highest BCUT2D eigenvalue weighted by molar-refractivity contribution is 5.45. The lowest BCUT2D eigenvalue weighted by atomic mass is 10.1. The summed E-state index contributed by atoms with van der Waals surface area (Å²) in [7, 11) is 1.82. The minimum atomic E-state index is -4.89. The van der Waals surface area contributed by atoms with E-state index in [-0.39, 0.29) is 6.07 Å². The first-order valence-electron chi connectivity index (χ1n) is 6.68. The molecule has 0 N–H and O–H groups in total.